The van der Waals surface area contributed by atoms with E-state index in [0.717, 1.165) is 12.8 Å². The van der Waals surface area contributed by atoms with Crippen LogP contribution in [-0.4, -0.2) is 20.8 Å². The van der Waals surface area contributed by atoms with Gasteiger partial charge in [-0.2, -0.15) is 0 Å². The van der Waals surface area contributed by atoms with E-state index in [1.165, 1.54) is 0 Å². The molecule has 1 aromatic heterocycles. The van der Waals surface area contributed by atoms with Gasteiger partial charge in [0.1, 0.15) is 0 Å². The second kappa shape index (κ2) is 4.11. The van der Waals surface area contributed by atoms with Gasteiger partial charge in [0.05, 0.1) is 6.10 Å². The van der Waals surface area contributed by atoms with E-state index in [1.54, 1.807) is 23.9 Å². The van der Waals surface area contributed by atoms with Crippen LogP contribution in [0.4, 0.5) is 0 Å². The van der Waals surface area contributed by atoms with Gasteiger partial charge in [0.2, 0.25) is 0 Å². The predicted octanol–water partition coefficient (Wildman–Crippen LogP) is 0.337. The molecule has 4 heteroatoms. The Labute approximate surface area is 70.9 Å². The van der Waals surface area contributed by atoms with E-state index in [-0.39, 0.29) is 11.8 Å². The topological polar surface area (TPSA) is 58.0 Å². The number of nitrogens with zero attached hydrogens (tertiary/aromatic N) is 1. The van der Waals surface area contributed by atoms with Crippen molar-refractivity contribution >= 4 is 0 Å². The highest BCUT2D eigenvalue weighted by atomic mass is 16.3. The number of hydrogen-bond donors (Lipinski definition) is 2. The second-order valence-corrected chi connectivity index (χ2v) is 2.95. The molecule has 1 heterocycles. The SMILES string of the molecule is CC(O)CCCn1cc[nH]c1=O. The predicted molar refractivity (Wildman–Crippen MR) is 46.0 cm³/mol. The highest BCUT2D eigenvalue weighted by Gasteiger charge is 1.97. The number of aliphatic hydroxyl groups is 1. The van der Waals surface area contributed by atoms with Crippen LogP contribution in [0.1, 0.15) is 19.8 Å². The van der Waals surface area contributed by atoms with E-state index in [9.17, 15) is 4.79 Å². The third kappa shape index (κ3) is 2.54. The molecule has 4 nitrogen and oxygen atoms in total. The molecule has 0 aliphatic rings. The summed E-state index contributed by atoms with van der Waals surface area (Å²) >= 11 is 0. The van der Waals surface area contributed by atoms with Crippen LogP contribution in [0.25, 0.3) is 0 Å². The van der Waals surface area contributed by atoms with Crippen LogP contribution < -0.4 is 5.69 Å². The molecule has 0 bridgehead atoms. The van der Waals surface area contributed by atoms with Crippen molar-refractivity contribution in [1.29, 1.82) is 0 Å². The largest absolute Gasteiger partial charge is 0.393 e. The molecule has 68 valence electrons. The zero-order valence-corrected chi connectivity index (χ0v) is 7.16. The average molecular weight is 170 g/mol. The van der Waals surface area contributed by atoms with Crippen molar-refractivity contribution in [2.45, 2.75) is 32.4 Å². The summed E-state index contributed by atoms with van der Waals surface area (Å²) in [6.07, 6.45) is 4.61. The van der Waals surface area contributed by atoms with Crippen LogP contribution >= 0.6 is 0 Å². The summed E-state index contributed by atoms with van der Waals surface area (Å²) in [6, 6.07) is 0. The Morgan fingerprint density at radius 2 is 2.50 bits per heavy atom. The van der Waals surface area contributed by atoms with Gasteiger partial charge in [-0.1, -0.05) is 0 Å². The highest BCUT2D eigenvalue weighted by Crippen LogP contribution is 1.96. The quantitative estimate of drug-likeness (QED) is 0.684. The molecule has 1 aromatic rings. The zero-order chi connectivity index (χ0) is 8.97. The van der Waals surface area contributed by atoms with Gasteiger partial charge in [-0.15, -0.1) is 0 Å². The Morgan fingerprint density at radius 3 is 3.00 bits per heavy atom. The van der Waals surface area contributed by atoms with Crippen molar-refractivity contribution in [1.82, 2.24) is 9.55 Å². The maximum atomic E-state index is 10.9. The Bertz CT molecular complexity index is 275. The van der Waals surface area contributed by atoms with Gasteiger partial charge in [-0.3, -0.25) is 4.57 Å². The number of hydrogen-bond acceptors (Lipinski definition) is 2. The summed E-state index contributed by atoms with van der Waals surface area (Å²) in [4.78, 5) is 13.5. The molecule has 1 atom stereocenters. The number of aromatic nitrogens is 2. The summed E-state index contributed by atoms with van der Waals surface area (Å²) in [6.45, 7) is 2.42. The Morgan fingerprint density at radius 1 is 1.75 bits per heavy atom. The molecule has 0 spiro atoms. The zero-order valence-electron chi connectivity index (χ0n) is 7.16. The number of H-pyrrole nitrogens is 1. The molecule has 0 aromatic carbocycles. The minimum atomic E-state index is -0.278. The van der Waals surface area contributed by atoms with Gasteiger partial charge < -0.3 is 10.1 Å². The fraction of sp³-hybridized carbons (Fsp3) is 0.625. The van der Waals surface area contributed by atoms with Crippen LogP contribution in [0.2, 0.25) is 0 Å². The maximum absolute atomic E-state index is 10.9. The minimum absolute atomic E-state index is 0.0828. The van der Waals surface area contributed by atoms with Crippen molar-refractivity contribution in [3.8, 4) is 0 Å². The Hall–Kier alpha value is -1.03. The average Bonchev–Trinajstić information content (AvgIpc) is 2.36. The normalized spacial score (nSPS) is 13.2. The first-order chi connectivity index (χ1) is 5.70. The third-order valence-electron chi connectivity index (χ3n) is 1.74. The van der Waals surface area contributed by atoms with Crippen LogP contribution in [-0.2, 0) is 6.54 Å². The smallest absolute Gasteiger partial charge is 0.325 e. The van der Waals surface area contributed by atoms with Crippen molar-refractivity contribution in [2.75, 3.05) is 0 Å². The molecular weight excluding hydrogens is 156 g/mol. The van der Waals surface area contributed by atoms with E-state index in [4.69, 9.17) is 5.11 Å². The van der Waals surface area contributed by atoms with E-state index in [0.29, 0.717) is 6.54 Å². The Kier molecular flexibility index (Phi) is 3.10. The first-order valence-corrected chi connectivity index (χ1v) is 4.12. The highest BCUT2D eigenvalue weighted by molar-refractivity contribution is 4.75. The molecule has 1 unspecified atom stereocenters. The van der Waals surface area contributed by atoms with Gasteiger partial charge in [0.15, 0.2) is 0 Å². The second-order valence-electron chi connectivity index (χ2n) is 2.95. The van der Waals surface area contributed by atoms with Crippen molar-refractivity contribution in [3.05, 3.63) is 22.9 Å². The molecule has 1 rings (SSSR count). The van der Waals surface area contributed by atoms with Gasteiger partial charge in [-0.05, 0) is 19.8 Å². The molecule has 12 heavy (non-hydrogen) atoms. The van der Waals surface area contributed by atoms with Gasteiger partial charge in [-0.25, -0.2) is 4.79 Å². The molecule has 0 radical (unpaired) electrons. The van der Waals surface area contributed by atoms with Gasteiger partial charge in [0.25, 0.3) is 0 Å². The van der Waals surface area contributed by atoms with Crippen molar-refractivity contribution < 1.29 is 5.11 Å². The molecule has 0 aliphatic heterocycles. The fourth-order valence-electron chi connectivity index (χ4n) is 1.08. The Balaban J connectivity index is 2.34. The van der Waals surface area contributed by atoms with Crippen molar-refractivity contribution in [3.63, 3.8) is 0 Å². The van der Waals surface area contributed by atoms with E-state index >= 15 is 0 Å². The molecule has 0 amide bonds. The van der Waals surface area contributed by atoms with Gasteiger partial charge >= 0.3 is 5.69 Å². The van der Waals surface area contributed by atoms with Crippen molar-refractivity contribution in [2.24, 2.45) is 0 Å². The van der Waals surface area contributed by atoms with Crippen LogP contribution in [0.3, 0.4) is 0 Å². The molecule has 2 N–H and O–H groups in total. The van der Waals surface area contributed by atoms with Gasteiger partial charge in [0, 0.05) is 18.9 Å². The lowest BCUT2D eigenvalue weighted by Crippen LogP contribution is -2.16. The maximum Gasteiger partial charge on any atom is 0.325 e. The number of aliphatic hydroxyl groups excluding tert-OH is 1. The first kappa shape index (κ1) is 9.06. The fourth-order valence-corrected chi connectivity index (χ4v) is 1.08. The molecule has 0 aliphatic carbocycles. The van der Waals surface area contributed by atoms with Crippen LogP contribution in [0.15, 0.2) is 17.2 Å². The van der Waals surface area contributed by atoms with E-state index in [1.807, 2.05) is 0 Å². The van der Waals surface area contributed by atoms with E-state index < -0.39 is 0 Å². The summed E-state index contributed by atoms with van der Waals surface area (Å²) in [7, 11) is 0. The molecule has 0 saturated heterocycles. The third-order valence-corrected chi connectivity index (χ3v) is 1.74. The standard InChI is InChI=1S/C8H14N2O2/c1-7(11)3-2-5-10-6-4-9-8(10)12/h4,6-7,11H,2-3,5H2,1H3,(H,9,12). The van der Waals surface area contributed by atoms with Crippen LogP contribution in [0.5, 0.6) is 0 Å². The lowest BCUT2D eigenvalue weighted by Gasteiger charge is -2.03. The number of nitrogens with one attached hydrogen (secondary N) is 1. The monoisotopic (exact) mass is 170 g/mol. The number of rotatable bonds is 4. The number of aryl methyl sites for hydroxylation is 1. The van der Waals surface area contributed by atoms with Crippen LogP contribution in [0, 0.1) is 0 Å². The molecule has 0 fully saturated rings. The summed E-state index contributed by atoms with van der Waals surface area (Å²) in [5.41, 5.74) is -0.0828. The lowest BCUT2D eigenvalue weighted by molar-refractivity contribution is 0.179. The summed E-state index contributed by atoms with van der Waals surface area (Å²) in [5, 5.41) is 8.96. The van der Waals surface area contributed by atoms with E-state index in [2.05, 4.69) is 4.98 Å². The summed E-state index contributed by atoms with van der Waals surface area (Å²) in [5.74, 6) is 0. The molecular formula is C8H14N2O2. The summed E-state index contributed by atoms with van der Waals surface area (Å²) < 4.78 is 1.60. The minimum Gasteiger partial charge on any atom is -0.393 e. The first-order valence-electron chi connectivity index (χ1n) is 4.12. The number of aromatic amines is 1. The molecule has 0 saturated carbocycles. The lowest BCUT2D eigenvalue weighted by atomic mass is 10.2. The number of imidazole rings is 1.